The molecule has 6 nitrogen and oxygen atoms in total. The van der Waals surface area contributed by atoms with Crippen LogP contribution < -0.4 is 10.3 Å². The number of hydrogen-bond acceptors (Lipinski definition) is 5. The van der Waals surface area contributed by atoms with Crippen molar-refractivity contribution in [1.82, 2.24) is 4.57 Å². The molecule has 0 aliphatic carbocycles. The van der Waals surface area contributed by atoms with Gasteiger partial charge in [-0.1, -0.05) is 60.5 Å². The van der Waals surface area contributed by atoms with Crippen LogP contribution in [0.3, 0.4) is 0 Å². The molecule has 170 valence electrons. The zero-order valence-electron chi connectivity index (χ0n) is 18.4. The minimum absolute atomic E-state index is 0.0834. The average molecular weight is 485 g/mol. The number of carbonyl (C=O) groups excluding carboxylic acids is 1. The summed E-state index contributed by atoms with van der Waals surface area (Å²) in [6.45, 7) is 5.49. The molecular formula is C25H22Cl2N2O4. The standard InChI is InChI=1S/C25H22Cl2N2O4/c1-4-10-33-23-19(26)11-17(12-20(23)27)22(30)21-14(2)18(13-28)24(31)29(25(21)32)15(3)16-8-6-5-7-9-16/h5-9,11-12,15,32H,4,10H2,1-3H3. The molecule has 8 heteroatoms. The van der Waals surface area contributed by atoms with Crippen molar-refractivity contribution in [2.45, 2.75) is 33.2 Å². The van der Waals surface area contributed by atoms with Gasteiger partial charge >= 0.3 is 0 Å². The van der Waals surface area contributed by atoms with Crippen molar-refractivity contribution in [3.8, 4) is 17.7 Å². The quantitative estimate of drug-likeness (QED) is 0.436. The molecule has 0 saturated carbocycles. The molecule has 0 aliphatic rings. The van der Waals surface area contributed by atoms with Gasteiger partial charge in [-0.2, -0.15) is 5.26 Å². The molecule has 0 spiro atoms. The summed E-state index contributed by atoms with van der Waals surface area (Å²) in [4.78, 5) is 26.5. The second kappa shape index (κ2) is 10.1. The number of pyridine rings is 1. The van der Waals surface area contributed by atoms with E-state index in [0.29, 0.717) is 6.61 Å². The highest BCUT2D eigenvalue weighted by atomic mass is 35.5. The number of nitriles is 1. The van der Waals surface area contributed by atoms with Crippen LogP contribution in [0.1, 0.15) is 58.9 Å². The van der Waals surface area contributed by atoms with Gasteiger partial charge in [0.1, 0.15) is 11.6 Å². The highest BCUT2D eigenvalue weighted by Gasteiger charge is 2.28. The van der Waals surface area contributed by atoms with Crippen LogP contribution in [-0.4, -0.2) is 22.1 Å². The third-order valence-electron chi connectivity index (χ3n) is 5.35. The Hall–Kier alpha value is -3.27. The molecule has 0 saturated heterocycles. The number of carbonyl (C=O) groups is 1. The van der Waals surface area contributed by atoms with Gasteiger partial charge in [0.25, 0.3) is 5.56 Å². The van der Waals surface area contributed by atoms with E-state index in [1.165, 1.54) is 19.1 Å². The molecule has 1 unspecified atom stereocenters. The highest BCUT2D eigenvalue weighted by Crippen LogP contribution is 2.36. The second-order valence-electron chi connectivity index (χ2n) is 7.52. The molecule has 3 aromatic rings. The van der Waals surface area contributed by atoms with Crippen molar-refractivity contribution in [2.24, 2.45) is 0 Å². The molecule has 2 aromatic carbocycles. The van der Waals surface area contributed by atoms with E-state index in [2.05, 4.69) is 0 Å². The lowest BCUT2D eigenvalue weighted by atomic mass is 9.96. The lowest BCUT2D eigenvalue weighted by molar-refractivity contribution is 0.103. The SMILES string of the molecule is CCCOc1c(Cl)cc(C(=O)c2c(C)c(C#N)c(=O)n(C(C)c3ccccc3)c2O)cc1Cl. The van der Waals surface area contributed by atoms with Crippen molar-refractivity contribution in [3.05, 3.63) is 90.7 Å². The molecule has 1 atom stereocenters. The molecule has 3 rings (SSSR count). The molecule has 1 N–H and O–H groups in total. The fraction of sp³-hybridized carbons (Fsp3) is 0.240. The Bertz CT molecular complexity index is 1290. The van der Waals surface area contributed by atoms with Gasteiger partial charge in [-0.3, -0.25) is 14.2 Å². The predicted octanol–water partition coefficient (Wildman–Crippen LogP) is 5.67. The largest absolute Gasteiger partial charge is 0.494 e. The topological polar surface area (TPSA) is 92.3 Å². The third-order valence-corrected chi connectivity index (χ3v) is 5.92. The summed E-state index contributed by atoms with van der Waals surface area (Å²) in [5.41, 5.74) is -0.166. The van der Waals surface area contributed by atoms with E-state index < -0.39 is 23.3 Å². The molecule has 1 aromatic heterocycles. The number of rotatable bonds is 7. The maximum absolute atomic E-state index is 13.5. The molecule has 33 heavy (non-hydrogen) atoms. The average Bonchev–Trinajstić information content (AvgIpc) is 2.79. The lowest BCUT2D eigenvalue weighted by Gasteiger charge is -2.21. The van der Waals surface area contributed by atoms with Gasteiger partial charge in [0.05, 0.1) is 28.3 Å². The van der Waals surface area contributed by atoms with E-state index in [0.717, 1.165) is 16.6 Å². The fourth-order valence-electron chi connectivity index (χ4n) is 3.61. The van der Waals surface area contributed by atoms with E-state index in [-0.39, 0.29) is 38.0 Å². The second-order valence-corrected chi connectivity index (χ2v) is 8.33. The van der Waals surface area contributed by atoms with Gasteiger partial charge in [-0.15, -0.1) is 0 Å². The minimum Gasteiger partial charge on any atom is -0.494 e. The van der Waals surface area contributed by atoms with Crippen molar-refractivity contribution in [1.29, 1.82) is 5.26 Å². The number of halogens is 2. The Morgan fingerprint density at radius 3 is 2.36 bits per heavy atom. The predicted molar refractivity (Wildman–Crippen MR) is 128 cm³/mol. The van der Waals surface area contributed by atoms with Gasteiger partial charge in [-0.25, -0.2) is 0 Å². The van der Waals surface area contributed by atoms with E-state index >= 15 is 0 Å². The molecule has 0 amide bonds. The molecule has 0 bridgehead atoms. The number of benzene rings is 2. The lowest BCUT2D eigenvalue weighted by Crippen LogP contribution is -2.29. The van der Waals surface area contributed by atoms with E-state index in [1.54, 1.807) is 31.2 Å². The maximum Gasteiger partial charge on any atom is 0.272 e. The van der Waals surface area contributed by atoms with Gasteiger partial charge in [-0.05, 0) is 43.5 Å². The Labute approximate surface area is 201 Å². The molecule has 1 heterocycles. The van der Waals surface area contributed by atoms with Crippen LogP contribution in [0.15, 0.2) is 47.3 Å². The Morgan fingerprint density at radius 1 is 1.21 bits per heavy atom. The van der Waals surface area contributed by atoms with Gasteiger partial charge in [0, 0.05) is 5.56 Å². The van der Waals surface area contributed by atoms with Crippen LogP contribution in [0, 0.1) is 18.3 Å². The number of nitrogens with zero attached hydrogens (tertiary/aromatic N) is 2. The summed E-state index contributed by atoms with van der Waals surface area (Å²) in [5.74, 6) is -0.893. The zero-order valence-corrected chi connectivity index (χ0v) is 19.9. The maximum atomic E-state index is 13.5. The molecule has 0 aliphatic heterocycles. The Balaban J connectivity index is 2.20. The van der Waals surface area contributed by atoms with Crippen LogP contribution in [0.4, 0.5) is 0 Å². The fourth-order valence-corrected chi connectivity index (χ4v) is 4.21. The summed E-state index contributed by atoms with van der Waals surface area (Å²) in [7, 11) is 0. The first kappa shape index (κ1) is 24.4. The summed E-state index contributed by atoms with van der Waals surface area (Å²) in [5, 5.41) is 21.0. The number of ketones is 1. The van der Waals surface area contributed by atoms with Crippen molar-refractivity contribution in [3.63, 3.8) is 0 Å². The molecule has 0 radical (unpaired) electrons. The number of hydrogen-bond donors (Lipinski definition) is 1. The van der Waals surface area contributed by atoms with Crippen molar-refractivity contribution < 1.29 is 14.6 Å². The first-order valence-corrected chi connectivity index (χ1v) is 11.1. The van der Waals surface area contributed by atoms with Crippen LogP contribution >= 0.6 is 23.2 Å². The van der Waals surface area contributed by atoms with Gasteiger partial charge in [0.15, 0.2) is 11.5 Å². The minimum atomic E-state index is -0.681. The highest BCUT2D eigenvalue weighted by molar-refractivity contribution is 6.38. The summed E-state index contributed by atoms with van der Waals surface area (Å²) in [6, 6.07) is 13.0. The molecular weight excluding hydrogens is 463 g/mol. The van der Waals surface area contributed by atoms with E-state index in [1.807, 2.05) is 19.1 Å². The first-order valence-electron chi connectivity index (χ1n) is 10.3. The number of aromatic nitrogens is 1. The van der Waals surface area contributed by atoms with Crippen LogP contribution in [0.2, 0.25) is 10.0 Å². The first-order chi connectivity index (χ1) is 15.7. The van der Waals surface area contributed by atoms with Crippen LogP contribution in [0.25, 0.3) is 0 Å². The smallest absolute Gasteiger partial charge is 0.272 e. The normalized spacial score (nSPS) is 11.6. The zero-order chi connectivity index (χ0) is 24.3. The van der Waals surface area contributed by atoms with Crippen LogP contribution in [0.5, 0.6) is 11.6 Å². The molecule has 0 fully saturated rings. The van der Waals surface area contributed by atoms with E-state index in [4.69, 9.17) is 27.9 Å². The summed E-state index contributed by atoms with van der Waals surface area (Å²) < 4.78 is 6.60. The monoisotopic (exact) mass is 484 g/mol. The van der Waals surface area contributed by atoms with Crippen molar-refractivity contribution in [2.75, 3.05) is 6.61 Å². The van der Waals surface area contributed by atoms with E-state index in [9.17, 15) is 20.0 Å². The number of ether oxygens (including phenoxy) is 1. The summed E-state index contributed by atoms with van der Waals surface area (Å²) >= 11 is 12.6. The van der Waals surface area contributed by atoms with Crippen molar-refractivity contribution >= 4 is 29.0 Å². The van der Waals surface area contributed by atoms with Crippen LogP contribution in [-0.2, 0) is 0 Å². The van der Waals surface area contributed by atoms with Gasteiger partial charge < -0.3 is 9.84 Å². The Kier molecular flexibility index (Phi) is 7.47. The van der Waals surface area contributed by atoms with Gasteiger partial charge in [0.2, 0.25) is 5.88 Å². The Morgan fingerprint density at radius 2 is 1.82 bits per heavy atom. The third kappa shape index (κ3) is 4.61. The number of aromatic hydroxyl groups is 1. The summed E-state index contributed by atoms with van der Waals surface area (Å²) in [6.07, 6.45) is 0.748.